The van der Waals surface area contributed by atoms with E-state index < -0.39 is 0 Å². The summed E-state index contributed by atoms with van der Waals surface area (Å²) in [7, 11) is 1.75. The van der Waals surface area contributed by atoms with Crippen LogP contribution in [0.25, 0.3) is 0 Å². The molecule has 0 aliphatic carbocycles. The standard InChI is InChI=1S/C17H19N7O2/c1-23-14(2-3-22-23)17(25)21-5-11-10-26-15-9-24(8-13(11)15)12-6-19-16(4-18)20-7-12/h2-3,6-7,11,13,15H,5,8-10H2,1H3,(H,21,25)/t11-,13+,15+/m1/s1. The van der Waals surface area contributed by atoms with Gasteiger partial charge in [0.1, 0.15) is 11.8 Å². The largest absolute Gasteiger partial charge is 0.376 e. The van der Waals surface area contributed by atoms with Gasteiger partial charge in [-0.25, -0.2) is 9.97 Å². The first-order chi connectivity index (χ1) is 12.7. The molecule has 0 radical (unpaired) electrons. The number of aryl methyl sites for hydroxylation is 1. The van der Waals surface area contributed by atoms with Gasteiger partial charge < -0.3 is 15.0 Å². The van der Waals surface area contributed by atoms with E-state index in [4.69, 9.17) is 10.00 Å². The van der Waals surface area contributed by atoms with Crippen LogP contribution >= 0.6 is 0 Å². The molecule has 2 aliphatic rings. The molecule has 26 heavy (non-hydrogen) atoms. The fourth-order valence-corrected chi connectivity index (χ4v) is 3.67. The lowest BCUT2D eigenvalue weighted by Crippen LogP contribution is -2.35. The van der Waals surface area contributed by atoms with Gasteiger partial charge in [-0.2, -0.15) is 10.4 Å². The van der Waals surface area contributed by atoms with E-state index in [1.165, 1.54) is 0 Å². The van der Waals surface area contributed by atoms with Crippen molar-refractivity contribution in [2.75, 3.05) is 31.1 Å². The molecule has 0 spiro atoms. The summed E-state index contributed by atoms with van der Waals surface area (Å²) < 4.78 is 7.49. The van der Waals surface area contributed by atoms with E-state index in [1.54, 1.807) is 36.4 Å². The van der Waals surface area contributed by atoms with Gasteiger partial charge >= 0.3 is 0 Å². The molecule has 0 saturated carbocycles. The fourth-order valence-electron chi connectivity index (χ4n) is 3.67. The van der Waals surface area contributed by atoms with Crippen molar-refractivity contribution < 1.29 is 9.53 Å². The molecule has 1 N–H and O–H groups in total. The predicted octanol–water partition coefficient (Wildman–Crippen LogP) is -0.0370. The Morgan fingerprint density at radius 3 is 2.92 bits per heavy atom. The summed E-state index contributed by atoms with van der Waals surface area (Å²) in [6.07, 6.45) is 5.10. The zero-order valence-electron chi connectivity index (χ0n) is 14.4. The van der Waals surface area contributed by atoms with Crippen molar-refractivity contribution in [3.63, 3.8) is 0 Å². The average molecular weight is 353 g/mol. The molecule has 0 unspecified atom stereocenters. The molecule has 2 aromatic heterocycles. The van der Waals surface area contributed by atoms with Crippen molar-refractivity contribution in [3.05, 3.63) is 36.2 Å². The smallest absolute Gasteiger partial charge is 0.269 e. The van der Waals surface area contributed by atoms with Crippen LogP contribution in [0.15, 0.2) is 24.7 Å². The van der Waals surface area contributed by atoms with Crippen LogP contribution in [-0.2, 0) is 11.8 Å². The van der Waals surface area contributed by atoms with Crippen LogP contribution in [-0.4, -0.2) is 58.0 Å². The number of nitrogens with one attached hydrogen (secondary N) is 1. The predicted molar refractivity (Wildman–Crippen MR) is 91.2 cm³/mol. The highest BCUT2D eigenvalue weighted by Crippen LogP contribution is 2.35. The highest BCUT2D eigenvalue weighted by atomic mass is 16.5. The van der Waals surface area contributed by atoms with E-state index >= 15 is 0 Å². The number of carbonyl (C=O) groups is 1. The lowest BCUT2D eigenvalue weighted by Gasteiger charge is -2.21. The first-order valence-corrected chi connectivity index (χ1v) is 8.50. The van der Waals surface area contributed by atoms with Gasteiger partial charge in [0, 0.05) is 44.7 Å². The van der Waals surface area contributed by atoms with E-state index in [-0.39, 0.29) is 23.8 Å². The van der Waals surface area contributed by atoms with Crippen LogP contribution in [0.1, 0.15) is 16.3 Å². The molecule has 2 aliphatic heterocycles. The topological polar surface area (TPSA) is 109 Å². The third-order valence-electron chi connectivity index (χ3n) is 5.12. The van der Waals surface area contributed by atoms with Gasteiger partial charge in [0.2, 0.25) is 5.82 Å². The Bertz CT molecular complexity index is 842. The van der Waals surface area contributed by atoms with E-state index in [9.17, 15) is 4.79 Å². The Balaban J connectivity index is 1.36. The number of amides is 1. The second-order valence-corrected chi connectivity index (χ2v) is 6.63. The number of rotatable bonds is 4. The minimum Gasteiger partial charge on any atom is -0.376 e. The zero-order chi connectivity index (χ0) is 18.1. The van der Waals surface area contributed by atoms with E-state index in [1.807, 2.05) is 6.07 Å². The van der Waals surface area contributed by atoms with Gasteiger partial charge in [0.15, 0.2) is 0 Å². The molecule has 0 aromatic carbocycles. The van der Waals surface area contributed by atoms with Gasteiger partial charge in [0.05, 0.1) is 30.8 Å². The molecule has 2 aromatic rings. The molecule has 2 saturated heterocycles. The van der Waals surface area contributed by atoms with Crippen molar-refractivity contribution >= 4 is 11.6 Å². The van der Waals surface area contributed by atoms with Crippen LogP contribution in [0.3, 0.4) is 0 Å². The monoisotopic (exact) mass is 353 g/mol. The number of fused-ring (bicyclic) bond motifs is 1. The molecule has 134 valence electrons. The van der Waals surface area contributed by atoms with Crippen molar-refractivity contribution in [3.8, 4) is 6.07 Å². The fraction of sp³-hybridized carbons (Fsp3) is 0.471. The summed E-state index contributed by atoms with van der Waals surface area (Å²) in [6.45, 7) is 2.82. The molecule has 3 atom stereocenters. The number of ether oxygens (including phenoxy) is 1. The number of hydrogen-bond acceptors (Lipinski definition) is 7. The molecular weight excluding hydrogens is 334 g/mol. The van der Waals surface area contributed by atoms with Crippen LogP contribution in [0, 0.1) is 23.2 Å². The van der Waals surface area contributed by atoms with Crippen LogP contribution in [0.5, 0.6) is 0 Å². The van der Waals surface area contributed by atoms with Gasteiger partial charge in [-0.3, -0.25) is 9.48 Å². The number of carbonyl (C=O) groups excluding carboxylic acids is 1. The van der Waals surface area contributed by atoms with Crippen LogP contribution in [0.2, 0.25) is 0 Å². The first-order valence-electron chi connectivity index (χ1n) is 8.50. The third kappa shape index (κ3) is 2.99. The Hall–Kier alpha value is -2.99. The summed E-state index contributed by atoms with van der Waals surface area (Å²) in [5.74, 6) is 0.655. The zero-order valence-corrected chi connectivity index (χ0v) is 14.4. The van der Waals surface area contributed by atoms with E-state index in [0.717, 1.165) is 18.8 Å². The molecule has 9 nitrogen and oxygen atoms in total. The van der Waals surface area contributed by atoms with Gasteiger partial charge in [0.25, 0.3) is 5.91 Å². The average Bonchev–Trinajstić information content (AvgIpc) is 3.36. The Kier molecular flexibility index (Phi) is 4.26. The van der Waals surface area contributed by atoms with Gasteiger partial charge in [-0.1, -0.05) is 0 Å². The first kappa shape index (κ1) is 16.5. The quantitative estimate of drug-likeness (QED) is 0.821. The highest BCUT2D eigenvalue weighted by Gasteiger charge is 2.44. The Labute approximate surface area is 150 Å². The Morgan fingerprint density at radius 1 is 1.42 bits per heavy atom. The van der Waals surface area contributed by atoms with Crippen molar-refractivity contribution in [1.29, 1.82) is 5.26 Å². The third-order valence-corrected chi connectivity index (χ3v) is 5.12. The van der Waals surface area contributed by atoms with Crippen LogP contribution < -0.4 is 10.2 Å². The summed E-state index contributed by atoms with van der Waals surface area (Å²) in [4.78, 5) is 22.5. The van der Waals surface area contributed by atoms with Crippen molar-refractivity contribution in [2.24, 2.45) is 18.9 Å². The number of nitriles is 1. The van der Waals surface area contributed by atoms with Gasteiger partial charge in [-0.15, -0.1) is 0 Å². The second kappa shape index (κ2) is 6.72. The van der Waals surface area contributed by atoms with E-state index in [2.05, 4.69) is 25.3 Å². The summed E-state index contributed by atoms with van der Waals surface area (Å²) in [5.41, 5.74) is 1.43. The summed E-state index contributed by atoms with van der Waals surface area (Å²) in [5, 5.41) is 15.8. The summed E-state index contributed by atoms with van der Waals surface area (Å²) >= 11 is 0. The highest BCUT2D eigenvalue weighted by molar-refractivity contribution is 5.92. The SMILES string of the molecule is Cn1nccc1C(=O)NC[C@@H]1CO[C@H]2CN(c3cnc(C#N)nc3)C[C@@H]12. The number of anilines is 1. The maximum atomic E-state index is 12.3. The maximum Gasteiger partial charge on any atom is 0.269 e. The number of nitrogens with zero attached hydrogens (tertiary/aromatic N) is 6. The Morgan fingerprint density at radius 2 is 2.23 bits per heavy atom. The lowest BCUT2D eigenvalue weighted by molar-refractivity contribution is 0.0930. The van der Waals surface area contributed by atoms with E-state index in [0.29, 0.717) is 24.8 Å². The number of hydrogen-bond donors (Lipinski definition) is 1. The minimum atomic E-state index is -0.121. The van der Waals surface area contributed by atoms with Crippen LogP contribution in [0.4, 0.5) is 5.69 Å². The minimum absolute atomic E-state index is 0.121. The molecule has 2 fully saturated rings. The molecule has 4 heterocycles. The maximum absolute atomic E-state index is 12.3. The molecule has 1 amide bonds. The van der Waals surface area contributed by atoms with Crippen molar-refractivity contribution in [2.45, 2.75) is 6.10 Å². The molecule has 0 bridgehead atoms. The molecular formula is C17H19N7O2. The molecule has 4 rings (SSSR count). The second-order valence-electron chi connectivity index (χ2n) is 6.63. The normalized spacial score (nSPS) is 24.3. The lowest BCUT2D eigenvalue weighted by atomic mass is 9.93. The number of aromatic nitrogens is 4. The summed E-state index contributed by atoms with van der Waals surface area (Å²) in [6, 6.07) is 3.62. The van der Waals surface area contributed by atoms with Crippen molar-refractivity contribution in [1.82, 2.24) is 25.1 Å². The molecule has 9 heteroatoms. The van der Waals surface area contributed by atoms with Gasteiger partial charge in [-0.05, 0) is 6.07 Å².